The number of hydrogen-bond donors (Lipinski definition) is 2. The van der Waals surface area contributed by atoms with Crippen LogP contribution in [0, 0.1) is 5.92 Å². The Morgan fingerprint density at radius 1 is 1.23 bits per heavy atom. The molecule has 2 fully saturated rings. The van der Waals surface area contributed by atoms with E-state index in [9.17, 15) is 13.2 Å². The van der Waals surface area contributed by atoms with Crippen molar-refractivity contribution in [3.05, 3.63) is 24.3 Å². The van der Waals surface area contributed by atoms with Crippen molar-refractivity contribution in [1.29, 1.82) is 0 Å². The molecule has 2 aliphatic rings. The van der Waals surface area contributed by atoms with Crippen LogP contribution < -0.4 is 15.4 Å². The molecule has 162 valence electrons. The second kappa shape index (κ2) is 8.56. The molecule has 0 unspecified atom stereocenters. The van der Waals surface area contributed by atoms with Gasteiger partial charge in [0.1, 0.15) is 0 Å². The summed E-state index contributed by atoms with van der Waals surface area (Å²) in [7, 11) is -3.82. The Kier molecular flexibility index (Phi) is 6.03. The standard InChI is InChI=1S/C19H26N6O3S2/c1-13-7-9-24(10-8-13)18-22-23-19(25(18)15-5-6-15)29-12-17(26)21-14-3-2-4-16(11-14)30(20,27)28/h2-4,11,13,15H,5-10,12H2,1H3,(H,21,26)(H2,20,27,28). The number of amides is 1. The Bertz CT molecular complexity index is 1030. The smallest absolute Gasteiger partial charge is 0.238 e. The van der Waals surface area contributed by atoms with Crippen LogP contribution in [0.25, 0.3) is 0 Å². The van der Waals surface area contributed by atoms with Gasteiger partial charge in [0, 0.05) is 24.8 Å². The van der Waals surface area contributed by atoms with Crippen molar-refractivity contribution >= 4 is 39.3 Å². The van der Waals surface area contributed by atoms with Gasteiger partial charge in [-0.25, -0.2) is 13.6 Å². The van der Waals surface area contributed by atoms with Crippen molar-refractivity contribution < 1.29 is 13.2 Å². The van der Waals surface area contributed by atoms with E-state index in [-0.39, 0.29) is 16.6 Å². The van der Waals surface area contributed by atoms with Crippen LogP contribution in [0.2, 0.25) is 0 Å². The van der Waals surface area contributed by atoms with Crippen LogP contribution in [0.15, 0.2) is 34.3 Å². The number of carbonyl (C=O) groups excluding carboxylic acids is 1. The topological polar surface area (TPSA) is 123 Å². The zero-order chi connectivity index (χ0) is 21.3. The minimum atomic E-state index is -3.82. The molecule has 0 bridgehead atoms. The van der Waals surface area contributed by atoms with Crippen LogP contribution in [0.1, 0.15) is 38.6 Å². The number of nitrogens with zero attached hydrogens (tertiary/aromatic N) is 4. The summed E-state index contributed by atoms with van der Waals surface area (Å²) in [6.07, 6.45) is 4.52. The molecule has 0 radical (unpaired) electrons. The van der Waals surface area contributed by atoms with Crippen molar-refractivity contribution in [3.63, 3.8) is 0 Å². The minimum Gasteiger partial charge on any atom is -0.341 e. The predicted molar refractivity (Wildman–Crippen MR) is 116 cm³/mol. The van der Waals surface area contributed by atoms with Gasteiger partial charge in [0.25, 0.3) is 0 Å². The monoisotopic (exact) mass is 450 g/mol. The highest BCUT2D eigenvalue weighted by Gasteiger charge is 2.32. The van der Waals surface area contributed by atoms with Crippen LogP contribution in [-0.4, -0.2) is 47.9 Å². The van der Waals surface area contributed by atoms with Crippen LogP contribution >= 0.6 is 11.8 Å². The van der Waals surface area contributed by atoms with E-state index in [1.54, 1.807) is 6.07 Å². The Morgan fingerprint density at radius 3 is 2.63 bits per heavy atom. The molecule has 1 saturated heterocycles. The SMILES string of the molecule is CC1CCN(c2nnc(SCC(=O)Nc3cccc(S(N)(=O)=O)c3)n2C2CC2)CC1. The number of hydrogen-bond acceptors (Lipinski definition) is 7. The number of nitrogens with one attached hydrogen (secondary N) is 1. The normalized spacial score (nSPS) is 17.9. The highest BCUT2D eigenvalue weighted by atomic mass is 32.2. The quantitative estimate of drug-likeness (QED) is 0.620. The maximum Gasteiger partial charge on any atom is 0.238 e. The van der Waals surface area contributed by atoms with E-state index in [4.69, 9.17) is 5.14 Å². The molecular formula is C19H26N6O3S2. The van der Waals surface area contributed by atoms with Crippen LogP contribution in [-0.2, 0) is 14.8 Å². The van der Waals surface area contributed by atoms with Gasteiger partial charge < -0.3 is 10.2 Å². The summed E-state index contributed by atoms with van der Waals surface area (Å²) >= 11 is 1.35. The number of rotatable bonds is 7. The van der Waals surface area contributed by atoms with Gasteiger partial charge in [0.05, 0.1) is 10.6 Å². The lowest BCUT2D eigenvalue weighted by atomic mass is 10.00. The molecule has 3 N–H and O–H groups in total. The summed E-state index contributed by atoms with van der Waals surface area (Å²) in [4.78, 5) is 14.7. The first-order valence-corrected chi connectivity index (χ1v) is 12.6. The molecule has 1 aliphatic carbocycles. The fourth-order valence-corrected chi connectivity index (χ4v) is 4.88. The number of carbonyl (C=O) groups is 1. The zero-order valence-electron chi connectivity index (χ0n) is 16.8. The first kappa shape index (κ1) is 21.1. The van der Waals surface area contributed by atoms with Crippen molar-refractivity contribution in [2.24, 2.45) is 11.1 Å². The molecule has 0 atom stereocenters. The molecular weight excluding hydrogens is 424 g/mol. The molecule has 4 rings (SSSR count). The first-order valence-electron chi connectivity index (χ1n) is 10.1. The summed E-state index contributed by atoms with van der Waals surface area (Å²) < 4.78 is 25.1. The molecule has 1 saturated carbocycles. The number of piperidine rings is 1. The number of sulfonamides is 1. The number of benzene rings is 1. The van der Waals surface area contributed by atoms with Gasteiger partial charge in [-0.3, -0.25) is 9.36 Å². The summed E-state index contributed by atoms with van der Waals surface area (Å²) in [5.41, 5.74) is 0.388. The number of primary sulfonamides is 1. The second-order valence-corrected chi connectivity index (χ2v) is 10.5. The van der Waals surface area contributed by atoms with Gasteiger partial charge in [-0.2, -0.15) is 0 Å². The fraction of sp³-hybridized carbons (Fsp3) is 0.526. The summed E-state index contributed by atoms with van der Waals surface area (Å²) in [6, 6.07) is 6.31. The molecule has 2 heterocycles. The lowest BCUT2D eigenvalue weighted by molar-refractivity contribution is -0.113. The third-order valence-corrected chi connectivity index (χ3v) is 7.26. The third kappa shape index (κ3) is 4.96. The van der Waals surface area contributed by atoms with Crippen molar-refractivity contribution in [1.82, 2.24) is 14.8 Å². The van der Waals surface area contributed by atoms with E-state index in [1.807, 2.05) is 0 Å². The molecule has 2 aromatic rings. The van der Waals surface area contributed by atoms with Crippen molar-refractivity contribution in [2.45, 2.75) is 48.7 Å². The number of nitrogens with two attached hydrogens (primary N) is 1. The Morgan fingerprint density at radius 2 is 1.97 bits per heavy atom. The molecule has 1 aromatic heterocycles. The van der Waals surface area contributed by atoms with Gasteiger partial charge in [-0.15, -0.1) is 10.2 Å². The Labute approximate surface area is 180 Å². The molecule has 1 aromatic carbocycles. The maximum atomic E-state index is 12.4. The van der Waals surface area contributed by atoms with E-state index in [2.05, 4.69) is 31.9 Å². The minimum absolute atomic E-state index is 0.0399. The highest BCUT2D eigenvalue weighted by molar-refractivity contribution is 7.99. The van der Waals surface area contributed by atoms with E-state index in [1.165, 1.54) is 30.0 Å². The lowest BCUT2D eigenvalue weighted by Crippen LogP contribution is -2.34. The molecule has 1 amide bonds. The third-order valence-electron chi connectivity index (χ3n) is 5.40. The van der Waals surface area contributed by atoms with Gasteiger partial charge in [-0.1, -0.05) is 24.8 Å². The average molecular weight is 451 g/mol. The zero-order valence-corrected chi connectivity index (χ0v) is 18.5. The van der Waals surface area contributed by atoms with Crippen LogP contribution in [0.3, 0.4) is 0 Å². The summed E-state index contributed by atoms with van der Waals surface area (Å²) in [6.45, 7) is 4.25. The summed E-state index contributed by atoms with van der Waals surface area (Å²) in [5.74, 6) is 1.56. The highest BCUT2D eigenvalue weighted by Crippen LogP contribution is 2.41. The largest absolute Gasteiger partial charge is 0.341 e. The number of thioether (sulfide) groups is 1. The average Bonchev–Trinajstić information content (AvgIpc) is 3.46. The van der Waals surface area contributed by atoms with Gasteiger partial charge in [0.2, 0.25) is 21.9 Å². The number of aromatic nitrogens is 3. The summed E-state index contributed by atoms with van der Waals surface area (Å²) in [5, 5.41) is 17.4. The van der Waals surface area contributed by atoms with Crippen molar-refractivity contribution in [2.75, 3.05) is 29.1 Å². The Balaban J connectivity index is 1.41. The predicted octanol–water partition coefficient (Wildman–Crippen LogP) is 2.23. The Hall–Kier alpha value is -2.11. The second-order valence-electron chi connectivity index (χ2n) is 7.96. The van der Waals surface area contributed by atoms with E-state index in [0.29, 0.717) is 11.7 Å². The van der Waals surface area contributed by atoms with Gasteiger partial charge >= 0.3 is 0 Å². The number of anilines is 2. The van der Waals surface area contributed by atoms with Crippen LogP contribution in [0.4, 0.5) is 11.6 Å². The van der Waals surface area contributed by atoms with Gasteiger partial charge in [-0.05, 0) is 49.8 Å². The first-order chi connectivity index (χ1) is 14.3. The molecule has 0 spiro atoms. The van der Waals surface area contributed by atoms with E-state index in [0.717, 1.165) is 55.8 Å². The fourth-order valence-electron chi connectivity index (χ4n) is 3.52. The molecule has 1 aliphatic heterocycles. The lowest BCUT2D eigenvalue weighted by Gasteiger charge is -2.31. The van der Waals surface area contributed by atoms with Gasteiger partial charge in [0.15, 0.2) is 5.16 Å². The van der Waals surface area contributed by atoms with Crippen molar-refractivity contribution in [3.8, 4) is 0 Å². The molecule has 11 heteroatoms. The van der Waals surface area contributed by atoms with Crippen LogP contribution in [0.5, 0.6) is 0 Å². The molecule has 9 nitrogen and oxygen atoms in total. The molecule has 30 heavy (non-hydrogen) atoms. The van der Waals surface area contributed by atoms with E-state index < -0.39 is 10.0 Å². The van der Waals surface area contributed by atoms with E-state index >= 15 is 0 Å². The maximum absolute atomic E-state index is 12.4.